The molecule has 2 nitrogen and oxygen atoms in total. The smallest absolute Gasteiger partial charge is 0.113 e. The van der Waals surface area contributed by atoms with Crippen molar-refractivity contribution in [3.05, 3.63) is 107 Å². The maximum Gasteiger partial charge on any atom is 0.113 e. The minimum absolute atomic E-state index is 1.03. The van der Waals surface area contributed by atoms with Gasteiger partial charge in [-0.2, -0.15) is 0 Å². The van der Waals surface area contributed by atoms with Crippen molar-refractivity contribution in [1.82, 2.24) is 0 Å². The molecule has 5 rings (SSSR count). The van der Waals surface area contributed by atoms with Gasteiger partial charge in [-0.05, 0) is 108 Å². The zero-order valence-electron chi connectivity index (χ0n) is 25.6. The fraction of sp³-hybridized carbons (Fsp3) is 0.263. The molecule has 0 spiro atoms. The molecule has 0 fully saturated rings. The fourth-order valence-electron chi connectivity index (χ4n) is 6.17. The van der Waals surface area contributed by atoms with E-state index in [4.69, 9.17) is 0 Å². The Kier molecular flexibility index (Phi) is 8.65. The summed E-state index contributed by atoms with van der Waals surface area (Å²) in [6, 6.07) is 32.0. The topological polar surface area (TPSA) is 6.48 Å². The maximum absolute atomic E-state index is 2.48. The molecule has 0 aromatic heterocycles. The number of anilines is 2. The van der Waals surface area contributed by atoms with Gasteiger partial charge in [0.25, 0.3) is 0 Å². The molecule has 3 heteroatoms. The zero-order chi connectivity index (χ0) is 29.0. The fourth-order valence-corrected chi connectivity index (χ4v) is 9.22. The van der Waals surface area contributed by atoms with Gasteiger partial charge in [-0.1, -0.05) is 85.9 Å². The van der Waals surface area contributed by atoms with Crippen LogP contribution >= 0.6 is 0 Å². The lowest BCUT2D eigenvalue weighted by Crippen LogP contribution is -2.49. The third-order valence-electron chi connectivity index (χ3n) is 8.70. The first kappa shape index (κ1) is 28.7. The van der Waals surface area contributed by atoms with E-state index in [-0.39, 0.29) is 0 Å². The van der Waals surface area contributed by atoms with Gasteiger partial charge in [-0.15, -0.1) is 0 Å². The predicted molar refractivity (Wildman–Crippen MR) is 186 cm³/mol. The highest BCUT2D eigenvalue weighted by Gasteiger charge is 2.37. The van der Waals surface area contributed by atoms with Gasteiger partial charge < -0.3 is 9.80 Å². The molecule has 1 aliphatic rings. The van der Waals surface area contributed by atoms with Gasteiger partial charge in [-0.3, -0.25) is 0 Å². The molecule has 41 heavy (non-hydrogen) atoms. The van der Waals surface area contributed by atoms with E-state index in [0.29, 0.717) is 0 Å². The lowest BCUT2D eigenvalue weighted by molar-refractivity contribution is 0.866. The second kappa shape index (κ2) is 12.4. The van der Waals surface area contributed by atoms with Crippen molar-refractivity contribution in [2.45, 2.75) is 40.8 Å². The number of hydrogen-bond acceptors (Lipinski definition) is 2. The molecule has 0 bridgehead atoms. The monoisotopic (exact) mass is 556 g/mol. The van der Waals surface area contributed by atoms with E-state index in [1.807, 2.05) is 0 Å². The van der Waals surface area contributed by atoms with Crippen LogP contribution in [0.15, 0.2) is 84.9 Å². The van der Waals surface area contributed by atoms with Crippen LogP contribution in [0.25, 0.3) is 35.4 Å². The van der Waals surface area contributed by atoms with Crippen LogP contribution in [-0.4, -0.2) is 34.3 Å². The first-order valence-corrected chi connectivity index (χ1v) is 18.2. The van der Waals surface area contributed by atoms with Crippen LogP contribution in [-0.2, 0) is 0 Å². The van der Waals surface area contributed by atoms with Crippen molar-refractivity contribution in [3.8, 4) is 11.1 Å². The van der Waals surface area contributed by atoms with Crippen molar-refractivity contribution in [2.24, 2.45) is 0 Å². The SMILES string of the molecule is CCN(CC)c1ccc(/C=C/c2ccc3c(c2)-c2cc(/C=C/c4ccc(N(CC)CC)cc4)ccc2[Si]3(C)C)cc1. The van der Waals surface area contributed by atoms with E-state index >= 15 is 0 Å². The van der Waals surface area contributed by atoms with Crippen molar-refractivity contribution >= 4 is 54.1 Å². The van der Waals surface area contributed by atoms with Crippen molar-refractivity contribution in [1.29, 1.82) is 0 Å². The summed E-state index contributed by atoms with van der Waals surface area (Å²) in [6.07, 6.45) is 8.98. The van der Waals surface area contributed by atoms with Crippen molar-refractivity contribution in [2.75, 3.05) is 36.0 Å². The summed E-state index contributed by atoms with van der Waals surface area (Å²) in [5, 5.41) is 3.09. The lowest BCUT2D eigenvalue weighted by Gasteiger charge is -2.20. The van der Waals surface area contributed by atoms with E-state index in [2.05, 4.69) is 160 Å². The van der Waals surface area contributed by atoms with Gasteiger partial charge in [0.15, 0.2) is 0 Å². The Morgan fingerprint density at radius 2 is 0.780 bits per heavy atom. The zero-order valence-corrected chi connectivity index (χ0v) is 26.6. The molecule has 0 radical (unpaired) electrons. The van der Waals surface area contributed by atoms with Gasteiger partial charge in [0.2, 0.25) is 0 Å². The summed E-state index contributed by atoms with van der Waals surface area (Å²) in [6.45, 7) is 17.9. The molecule has 0 aliphatic carbocycles. The van der Waals surface area contributed by atoms with Gasteiger partial charge in [-0.25, -0.2) is 0 Å². The second-order valence-electron chi connectivity index (χ2n) is 11.4. The van der Waals surface area contributed by atoms with Crippen LogP contribution in [0, 0.1) is 0 Å². The number of fused-ring (bicyclic) bond motifs is 3. The molecule has 4 aromatic rings. The molecule has 0 saturated carbocycles. The standard InChI is InChI=1S/C38H44N2Si/c1-7-39(8-2)33-21-15-29(16-22-33)11-13-31-19-25-37-35(27-31)36-28-32(20-26-38(36)41(37,5)6)14-12-30-17-23-34(24-18-30)40(9-3)10-4/h11-28H,7-10H2,1-6H3/b13-11+,14-12+. The van der Waals surface area contributed by atoms with E-state index in [1.165, 1.54) is 44.8 Å². The van der Waals surface area contributed by atoms with Crippen molar-refractivity contribution < 1.29 is 0 Å². The van der Waals surface area contributed by atoms with Gasteiger partial charge in [0.1, 0.15) is 8.07 Å². The first-order valence-electron chi connectivity index (χ1n) is 15.2. The van der Waals surface area contributed by atoms with E-state index in [0.717, 1.165) is 26.2 Å². The molecule has 4 aromatic carbocycles. The van der Waals surface area contributed by atoms with Gasteiger partial charge in [0.05, 0.1) is 0 Å². The second-order valence-corrected chi connectivity index (χ2v) is 15.8. The average molecular weight is 557 g/mol. The molecule has 0 unspecified atom stereocenters. The van der Waals surface area contributed by atoms with Gasteiger partial charge in [0, 0.05) is 37.6 Å². The largest absolute Gasteiger partial charge is 0.372 e. The summed E-state index contributed by atoms with van der Waals surface area (Å²) in [4.78, 5) is 4.76. The minimum atomic E-state index is -1.71. The Labute approximate surface area is 248 Å². The third kappa shape index (κ3) is 5.96. The minimum Gasteiger partial charge on any atom is -0.372 e. The van der Waals surface area contributed by atoms with Crippen LogP contribution in [0.5, 0.6) is 0 Å². The van der Waals surface area contributed by atoms with Crippen LogP contribution in [0.3, 0.4) is 0 Å². The molecule has 0 N–H and O–H groups in total. The Morgan fingerprint density at radius 1 is 0.463 bits per heavy atom. The number of hydrogen-bond donors (Lipinski definition) is 0. The van der Waals surface area contributed by atoms with Crippen LogP contribution < -0.4 is 20.2 Å². The molecule has 0 saturated heterocycles. The summed E-state index contributed by atoms with van der Waals surface area (Å²) < 4.78 is 0. The third-order valence-corrected chi connectivity index (χ3v) is 12.3. The number of benzene rings is 4. The summed E-state index contributed by atoms with van der Waals surface area (Å²) in [5.41, 5.74) is 10.4. The molecule has 0 amide bonds. The van der Waals surface area contributed by atoms with Crippen LogP contribution in [0.4, 0.5) is 11.4 Å². The average Bonchev–Trinajstić information content (AvgIpc) is 3.23. The molecular weight excluding hydrogens is 513 g/mol. The van der Waals surface area contributed by atoms with E-state index < -0.39 is 8.07 Å². The molecule has 1 aliphatic heterocycles. The molecular formula is C38H44N2Si. The highest BCUT2D eigenvalue weighted by Crippen LogP contribution is 2.31. The lowest BCUT2D eigenvalue weighted by atomic mass is 10.00. The summed E-state index contributed by atoms with van der Waals surface area (Å²) >= 11 is 0. The molecule has 0 atom stereocenters. The van der Waals surface area contributed by atoms with E-state index in [9.17, 15) is 0 Å². The Bertz CT molecular complexity index is 1420. The molecule has 210 valence electrons. The number of rotatable bonds is 10. The van der Waals surface area contributed by atoms with Gasteiger partial charge >= 0.3 is 0 Å². The predicted octanol–water partition coefficient (Wildman–Crippen LogP) is 8.52. The molecule has 1 heterocycles. The normalized spacial score (nSPS) is 13.5. The van der Waals surface area contributed by atoms with Crippen LogP contribution in [0.1, 0.15) is 49.9 Å². The summed E-state index contributed by atoms with van der Waals surface area (Å²) in [5.74, 6) is 0. The Balaban J connectivity index is 1.38. The maximum atomic E-state index is 2.48. The quantitative estimate of drug-likeness (QED) is 0.143. The first-order chi connectivity index (χ1) is 19.9. The Morgan fingerprint density at radius 3 is 1.12 bits per heavy atom. The van der Waals surface area contributed by atoms with Crippen LogP contribution in [0.2, 0.25) is 13.1 Å². The highest BCUT2D eigenvalue weighted by molar-refractivity contribution is 7.03. The van der Waals surface area contributed by atoms with Crippen molar-refractivity contribution in [3.63, 3.8) is 0 Å². The summed E-state index contributed by atoms with van der Waals surface area (Å²) in [7, 11) is -1.71. The Hall–Kier alpha value is -3.82. The van der Waals surface area contributed by atoms with E-state index in [1.54, 1.807) is 10.4 Å². The highest BCUT2D eigenvalue weighted by atomic mass is 28.3. The number of nitrogens with zero attached hydrogens (tertiary/aromatic N) is 2.